The van der Waals surface area contributed by atoms with Crippen molar-refractivity contribution in [3.8, 4) is 0 Å². The third-order valence-corrected chi connectivity index (χ3v) is 2.57. The minimum atomic E-state index is -0.239. The van der Waals surface area contributed by atoms with Crippen LogP contribution in [0.25, 0.3) is 0 Å². The van der Waals surface area contributed by atoms with Crippen LogP contribution in [0.4, 0.5) is 4.39 Å². The van der Waals surface area contributed by atoms with E-state index in [1.54, 1.807) is 13.0 Å². The number of hydrogen-bond acceptors (Lipinski definition) is 2. The van der Waals surface area contributed by atoms with Crippen molar-refractivity contribution >= 4 is 5.78 Å². The summed E-state index contributed by atoms with van der Waals surface area (Å²) in [4.78, 5) is 13.0. The van der Waals surface area contributed by atoms with E-state index < -0.39 is 0 Å². The molecule has 0 fully saturated rings. The molecule has 0 amide bonds. The molecular formula is C12H16FNO. The molecule has 1 rings (SSSR count). The van der Waals surface area contributed by atoms with Crippen molar-refractivity contribution in [3.05, 3.63) is 35.6 Å². The van der Waals surface area contributed by atoms with Crippen molar-refractivity contribution in [1.82, 2.24) is 4.90 Å². The maximum Gasteiger partial charge on any atom is 0.146 e. The number of carbonyl (C=O) groups excluding carboxylic acids is 1. The number of Topliss-reactive ketones (excluding diaryl/α,β-unsaturated/α-hetero) is 1. The molecule has 0 radical (unpaired) electrons. The van der Waals surface area contributed by atoms with Crippen LogP contribution < -0.4 is 0 Å². The molecule has 0 saturated heterocycles. The number of hydrogen-bond donors (Lipinski definition) is 0. The Morgan fingerprint density at radius 1 is 1.53 bits per heavy atom. The molecule has 0 aliphatic heterocycles. The van der Waals surface area contributed by atoms with E-state index in [4.69, 9.17) is 0 Å². The monoisotopic (exact) mass is 209 g/mol. The predicted molar refractivity (Wildman–Crippen MR) is 58.0 cm³/mol. The zero-order valence-corrected chi connectivity index (χ0v) is 9.33. The molecule has 1 atom stereocenters. The van der Waals surface area contributed by atoms with Crippen LogP contribution in [0.15, 0.2) is 24.3 Å². The zero-order valence-electron chi connectivity index (χ0n) is 9.33. The molecule has 3 heteroatoms. The quantitative estimate of drug-likeness (QED) is 0.758. The lowest BCUT2D eigenvalue weighted by atomic mass is 10.1. The number of benzene rings is 1. The van der Waals surface area contributed by atoms with E-state index in [0.717, 1.165) is 5.56 Å². The predicted octanol–water partition coefficient (Wildman–Crippen LogP) is 2.24. The van der Waals surface area contributed by atoms with Gasteiger partial charge in [0.25, 0.3) is 0 Å². The van der Waals surface area contributed by atoms with Crippen LogP contribution in [0.1, 0.15) is 19.4 Å². The van der Waals surface area contributed by atoms with Gasteiger partial charge in [0.1, 0.15) is 11.6 Å². The van der Waals surface area contributed by atoms with E-state index in [9.17, 15) is 9.18 Å². The Morgan fingerprint density at radius 2 is 2.20 bits per heavy atom. The molecule has 1 aromatic rings. The molecule has 0 saturated carbocycles. The van der Waals surface area contributed by atoms with Crippen molar-refractivity contribution in [2.75, 3.05) is 7.05 Å². The maximum absolute atomic E-state index is 12.9. The molecule has 0 aliphatic carbocycles. The van der Waals surface area contributed by atoms with E-state index in [1.165, 1.54) is 12.1 Å². The van der Waals surface area contributed by atoms with Crippen LogP contribution >= 0.6 is 0 Å². The summed E-state index contributed by atoms with van der Waals surface area (Å²) in [6.45, 7) is 3.99. The third kappa shape index (κ3) is 3.44. The third-order valence-electron chi connectivity index (χ3n) is 2.57. The standard InChI is InChI=1S/C12H16FNO/c1-9(10(2)15)14(3)8-11-5-4-6-12(13)7-11/h4-7,9H,8H2,1-3H3. The Labute approximate surface area is 89.7 Å². The molecule has 82 valence electrons. The van der Waals surface area contributed by atoms with Crippen LogP contribution in [0.5, 0.6) is 0 Å². The van der Waals surface area contributed by atoms with Crippen LogP contribution in [0.3, 0.4) is 0 Å². The van der Waals surface area contributed by atoms with Gasteiger partial charge in [-0.15, -0.1) is 0 Å². The number of carbonyl (C=O) groups is 1. The van der Waals surface area contributed by atoms with Crippen LogP contribution in [0, 0.1) is 5.82 Å². The lowest BCUT2D eigenvalue weighted by molar-refractivity contribution is -0.121. The molecule has 2 nitrogen and oxygen atoms in total. The van der Waals surface area contributed by atoms with Gasteiger partial charge in [0.05, 0.1) is 6.04 Å². The van der Waals surface area contributed by atoms with E-state index in [0.29, 0.717) is 6.54 Å². The van der Waals surface area contributed by atoms with E-state index in [-0.39, 0.29) is 17.6 Å². The van der Waals surface area contributed by atoms with Crippen LogP contribution in [0.2, 0.25) is 0 Å². The second kappa shape index (κ2) is 5.03. The van der Waals surface area contributed by atoms with Crippen molar-refractivity contribution < 1.29 is 9.18 Å². The Hall–Kier alpha value is -1.22. The minimum absolute atomic E-state index is 0.119. The summed E-state index contributed by atoms with van der Waals surface area (Å²) in [5.41, 5.74) is 0.880. The van der Waals surface area contributed by atoms with Gasteiger partial charge in [0.2, 0.25) is 0 Å². The summed E-state index contributed by atoms with van der Waals surface area (Å²) >= 11 is 0. The number of halogens is 1. The van der Waals surface area contributed by atoms with Crippen molar-refractivity contribution in [3.63, 3.8) is 0 Å². The fourth-order valence-electron chi connectivity index (χ4n) is 1.37. The maximum atomic E-state index is 12.9. The van der Waals surface area contributed by atoms with Gasteiger partial charge < -0.3 is 0 Å². The SMILES string of the molecule is CC(=O)C(C)N(C)Cc1cccc(F)c1. The highest BCUT2D eigenvalue weighted by Gasteiger charge is 2.13. The van der Waals surface area contributed by atoms with Gasteiger partial charge in [-0.05, 0) is 38.6 Å². The number of likely N-dealkylation sites (N-methyl/N-ethyl adjacent to an activating group) is 1. The molecule has 15 heavy (non-hydrogen) atoms. The molecule has 1 unspecified atom stereocenters. The second-order valence-corrected chi connectivity index (χ2v) is 3.83. The first kappa shape index (κ1) is 11.9. The van der Waals surface area contributed by atoms with Crippen molar-refractivity contribution in [2.45, 2.75) is 26.4 Å². The fourth-order valence-corrected chi connectivity index (χ4v) is 1.37. The first-order chi connectivity index (χ1) is 7.00. The molecule has 0 aliphatic rings. The van der Waals surface area contributed by atoms with Crippen molar-refractivity contribution in [2.24, 2.45) is 0 Å². The first-order valence-electron chi connectivity index (χ1n) is 4.96. The van der Waals surface area contributed by atoms with E-state index in [2.05, 4.69) is 0 Å². The second-order valence-electron chi connectivity index (χ2n) is 3.83. The van der Waals surface area contributed by atoms with Gasteiger partial charge >= 0.3 is 0 Å². The molecule has 0 bridgehead atoms. The Kier molecular flexibility index (Phi) is 3.97. The van der Waals surface area contributed by atoms with Crippen LogP contribution in [-0.2, 0) is 11.3 Å². The number of nitrogens with zero attached hydrogens (tertiary/aromatic N) is 1. The lowest BCUT2D eigenvalue weighted by Crippen LogP contribution is -2.34. The highest BCUT2D eigenvalue weighted by Crippen LogP contribution is 2.08. The van der Waals surface area contributed by atoms with E-state index >= 15 is 0 Å². The van der Waals surface area contributed by atoms with Gasteiger partial charge in [-0.2, -0.15) is 0 Å². The summed E-state index contributed by atoms with van der Waals surface area (Å²) in [5.74, 6) is -0.120. The van der Waals surface area contributed by atoms with E-state index in [1.807, 2.05) is 24.9 Å². The Bertz CT molecular complexity index is 351. The smallest absolute Gasteiger partial charge is 0.146 e. The molecule has 0 N–H and O–H groups in total. The molecule has 0 aromatic heterocycles. The van der Waals surface area contributed by atoms with Gasteiger partial charge in [-0.1, -0.05) is 12.1 Å². The topological polar surface area (TPSA) is 20.3 Å². The first-order valence-corrected chi connectivity index (χ1v) is 4.96. The largest absolute Gasteiger partial charge is 0.298 e. The fraction of sp³-hybridized carbons (Fsp3) is 0.417. The molecule has 0 spiro atoms. The normalized spacial score (nSPS) is 12.9. The summed E-state index contributed by atoms with van der Waals surface area (Å²) < 4.78 is 12.9. The number of rotatable bonds is 4. The lowest BCUT2D eigenvalue weighted by Gasteiger charge is -2.22. The van der Waals surface area contributed by atoms with Gasteiger partial charge in [-0.25, -0.2) is 4.39 Å². The zero-order chi connectivity index (χ0) is 11.4. The minimum Gasteiger partial charge on any atom is -0.298 e. The summed E-state index contributed by atoms with van der Waals surface area (Å²) in [5, 5.41) is 0. The average Bonchev–Trinajstić information content (AvgIpc) is 2.16. The van der Waals surface area contributed by atoms with Gasteiger partial charge in [0.15, 0.2) is 0 Å². The Balaban J connectivity index is 2.66. The van der Waals surface area contributed by atoms with Crippen molar-refractivity contribution in [1.29, 1.82) is 0 Å². The Morgan fingerprint density at radius 3 is 2.73 bits per heavy atom. The summed E-state index contributed by atoms with van der Waals surface area (Å²) in [6.07, 6.45) is 0. The summed E-state index contributed by atoms with van der Waals surface area (Å²) in [6, 6.07) is 6.30. The average molecular weight is 209 g/mol. The van der Waals surface area contributed by atoms with Gasteiger partial charge in [0, 0.05) is 6.54 Å². The highest BCUT2D eigenvalue weighted by atomic mass is 19.1. The van der Waals surface area contributed by atoms with Crippen LogP contribution in [-0.4, -0.2) is 23.8 Å². The molecule has 0 heterocycles. The van der Waals surface area contributed by atoms with Gasteiger partial charge in [-0.3, -0.25) is 9.69 Å². The highest BCUT2D eigenvalue weighted by molar-refractivity contribution is 5.80. The number of ketones is 1. The summed E-state index contributed by atoms with van der Waals surface area (Å²) in [7, 11) is 1.86. The molecular weight excluding hydrogens is 193 g/mol. The molecule has 1 aromatic carbocycles.